The summed E-state index contributed by atoms with van der Waals surface area (Å²) in [5.74, 6) is 1.30. The summed E-state index contributed by atoms with van der Waals surface area (Å²) in [6, 6.07) is 17.1. The number of aryl methyl sites for hydroxylation is 1. The largest absolute Gasteiger partial charge is 0.497 e. The van der Waals surface area contributed by atoms with Crippen molar-refractivity contribution in [3.05, 3.63) is 99.1 Å². The number of nitrogens with zero attached hydrogens (tertiary/aromatic N) is 1. The Hall–Kier alpha value is -4.13. The number of nitro groups is 1. The highest BCUT2D eigenvalue weighted by molar-refractivity contribution is 6.06. The zero-order valence-electron chi connectivity index (χ0n) is 18.0. The molecule has 7 nitrogen and oxygen atoms in total. The summed E-state index contributed by atoms with van der Waals surface area (Å²) in [5, 5.41) is 11.3. The summed E-state index contributed by atoms with van der Waals surface area (Å²) in [6.07, 6.45) is 3.18. The van der Waals surface area contributed by atoms with Crippen molar-refractivity contribution in [3.8, 4) is 17.2 Å². The maximum atomic E-state index is 12.4. The van der Waals surface area contributed by atoms with E-state index in [2.05, 4.69) is 0 Å². The van der Waals surface area contributed by atoms with Gasteiger partial charge in [-0.15, -0.1) is 0 Å². The Balaban J connectivity index is 1.77. The van der Waals surface area contributed by atoms with Gasteiger partial charge in [0.2, 0.25) is 0 Å². The number of carbonyl (C=O) groups is 1. The highest BCUT2D eigenvalue weighted by Crippen LogP contribution is 2.30. The van der Waals surface area contributed by atoms with Crippen LogP contribution in [0, 0.1) is 17.0 Å². The molecule has 0 aliphatic carbocycles. The molecule has 0 amide bonds. The summed E-state index contributed by atoms with van der Waals surface area (Å²) in [4.78, 5) is 23.3. The van der Waals surface area contributed by atoms with Gasteiger partial charge in [0.15, 0.2) is 11.5 Å². The van der Waals surface area contributed by atoms with E-state index in [0.29, 0.717) is 22.6 Å². The van der Waals surface area contributed by atoms with Crippen LogP contribution in [0.5, 0.6) is 17.2 Å². The molecule has 32 heavy (non-hydrogen) atoms. The topological polar surface area (TPSA) is 87.9 Å². The van der Waals surface area contributed by atoms with E-state index in [0.717, 1.165) is 11.1 Å². The van der Waals surface area contributed by atoms with Crippen LogP contribution in [-0.4, -0.2) is 24.9 Å². The molecule has 3 aromatic rings. The molecule has 0 saturated heterocycles. The summed E-state index contributed by atoms with van der Waals surface area (Å²) < 4.78 is 16.2. The number of rotatable bonds is 9. The predicted molar refractivity (Wildman–Crippen MR) is 122 cm³/mol. The van der Waals surface area contributed by atoms with Crippen LogP contribution in [0.15, 0.2) is 66.7 Å². The lowest BCUT2D eigenvalue weighted by molar-refractivity contribution is -0.386. The summed E-state index contributed by atoms with van der Waals surface area (Å²) in [5.41, 5.74) is 2.69. The van der Waals surface area contributed by atoms with Crippen LogP contribution in [0.1, 0.15) is 27.0 Å². The van der Waals surface area contributed by atoms with E-state index in [1.54, 1.807) is 62.6 Å². The molecule has 0 aliphatic heterocycles. The number of hydrogen-bond acceptors (Lipinski definition) is 6. The Morgan fingerprint density at radius 3 is 2.34 bits per heavy atom. The van der Waals surface area contributed by atoms with E-state index in [1.807, 2.05) is 12.1 Å². The van der Waals surface area contributed by atoms with Gasteiger partial charge in [0.05, 0.1) is 19.1 Å². The molecular weight excluding hydrogens is 410 g/mol. The average Bonchev–Trinajstić information content (AvgIpc) is 2.81. The Kier molecular flexibility index (Phi) is 7.23. The van der Waals surface area contributed by atoms with Crippen molar-refractivity contribution in [1.29, 1.82) is 0 Å². The maximum absolute atomic E-state index is 12.4. The lowest BCUT2D eigenvalue weighted by Crippen LogP contribution is -2.02. The number of methoxy groups -OCH3 is 2. The van der Waals surface area contributed by atoms with Crippen LogP contribution in [0.25, 0.3) is 6.08 Å². The van der Waals surface area contributed by atoms with Crippen LogP contribution >= 0.6 is 0 Å². The average molecular weight is 433 g/mol. The fourth-order valence-electron chi connectivity index (χ4n) is 3.09. The quantitative estimate of drug-likeness (QED) is 0.194. The molecule has 0 N–H and O–H groups in total. The monoisotopic (exact) mass is 433 g/mol. The van der Waals surface area contributed by atoms with Gasteiger partial charge in [-0.3, -0.25) is 14.9 Å². The lowest BCUT2D eigenvalue weighted by Gasteiger charge is -2.12. The molecule has 3 rings (SSSR count). The van der Waals surface area contributed by atoms with E-state index in [-0.39, 0.29) is 23.8 Å². The number of carbonyl (C=O) groups excluding carboxylic acids is 1. The molecule has 7 heteroatoms. The predicted octanol–water partition coefficient (Wildman–Crippen LogP) is 5.40. The van der Waals surface area contributed by atoms with Gasteiger partial charge in [0.1, 0.15) is 18.1 Å². The van der Waals surface area contributed by atoms with Gasteiger partial charge in [-0.2, -0.15) is 0 Å². The Morgan fingerprint density at radius 2 is 1.69 bits per heavy atom. The summed E-state index contributed by atoms with van der Waals surface area (Å²) in [6.45, 7) is 1.85. The minimum atomic E-state index is -0.469. The Bertz CT molecular complexity index is 1150. The number of nitro benzene ring substituents is 1. The van der Waals surface area contributed by atoms with Gasteiger partial charge in [0.25, 0.3) is 0 Å². The van der Waals surface area contributed by atoms with E-state index in [4.69, 9.17) is 14.2 Å². The number of ether oxygens (including phenoxy) is 3. The Morgan fingerprint density at radius 1 is 0.969 bits per heavy atom. The first-order valence-corrected chi connectivity index (χ1v) is 9.82. The second kappa shape index (κ2) is 10.3. The molecule has 0 aromatic heterocycles. The fourth-order valence-corrected chi connectivity index (χ4v) is 3.09. The van der Waals surface area contributed by atoms with Gasteiger partial charge in [-0.05, 0) is 66.6 Å². The SMILES string of the molecule is COc1ccc(C(=O)/C=C/c2ccc(OC)c(COc3ccc(C)cc3[N+](=O)[O-])c2)cc1. The van der Waals surface area contributed by atoms with Gasteiger partial charge in [-0.25, -0.2) is 0 Å². The minimum Gasteiger partial charge on any atom is -0.497 e. The van der Waals surface area contributed by atoms with E-state index >= 15 is 0 Å². The lowest BCUT2D eigenvalue weighted by atomic mass is 10.1. The molecule has 0 unspecified atom stereocenters. The highest BCUT2D eigenvalue weighted by atomic mass is 16.6. The van der Waals surface area contributed by atoms with Crippen LogP contribution in [0.3, 0.4) is 0 Å². The van der Waals surface area contributed by atoms with Crippen LogP contribution < -0.4 is 14.2 Å². The summed E-state index contributed by atoms with van der Waals surface area (Å²) in [7, 11) is 3.11. The van der Waals surface area contributed by atoms with Gasteiger partial charge in [0, 0.05) is 17.2 Å². The molecule has 3 aromatic carbocycles. The molecule has 0 aliphatic rings. The van der Waals surface area contributed by atoms with Crippen molar-refractivity contribution in [1.82, 2.24) is 0 Å². The van der Waals surface area contributed by atoms with Crippen molar-refractivity contribution >= 4 is 17.5 Å². The number of ketones is 1. The second-order valence-corrected chi connectivity index (χ2v) is 7.01. The fraction of sp³-hybridized carbons (Fsp3) is 0.160. The first kappa shape index (κ1) is 22.6. The number of hydrogen-bond donors (Lipinski definition) is 0. The third kappa shape index (κ3) is 5.51. The molecule has 0 heterocycles. The van der Waals surface area contributed by atoms with Crippen molar-refractivity contribution in [2.75, 3.05) is 14.2 Å². The molecule has 0 bridgehead atoms. The van der Waals surface area contributed by atoms with Crippen molar-refractivity contribution in [2.24, 2.45) is 0 Å². The van der Waals surface area contributed by atoms with Gasteiger partial charge < -0.3 is 14.2 Å². The van der Waals surface area contributed by atoms with Gasteiger partial charge >= 0.3 is 5.69 Å². The zero-order valence-corrected chi connectivity index (χ0v) is 18.0. The molecule has 0 radical (unpaired) electrons. The molecule has 0 saturated carbocycles. The van der Waals surface area contributed by atoms with Crippen LogP contribution in [0.4, 0.5) is 5.69 Å². The van der Waals surface area contributed by atoms with Crippen molar-refractivity contribution in [2.45, 2.75) is 13.5 Å². The van der Waals surface area contributed by atoms with E-state index < -0.39 is 4.92 Å². The smallest absolute Gasteiger partial charge is 0.311 e. The molecule has 164 valence electrons. The third-order valence-electron chi connectivity index (χ3n) is 4.80. The Labute approximate surface area is 186 Å². The van der Waals surface area contributed by atoms with Crippen LogP contribution in [-0.2, 0) is 6.61 Å². The number of allylic oxidation sites excluding steroid dienone is 1. The first-order valence-electron chi connectivity index (χ1n) is 9.82. The molecular formula is C25H23NO6. The molecule has 0 atom stereocenters. The number of benzene rings is 3. The summed E-state index contributed by atoms with van der Waals surface area (Å²) >= 11 is 0. The normalized spacial score (nSPS) is 10.7. The first-order chi connectivity index (χ1) is 15.4. The van der Waals surface area contributed by atoms with E-state index in [1.165, 1.54) is 19.3 Å². The van der Waals surface area contributed by atoms with Crippen molar-refractivity contribution < 1.29 is 23.9 Å². The van der Waals surface area contributed by atoms with E-state index in [9.17, 15) is 14.9 Å². The highest BCUT2D eigenvalue weighted by Gasteiger charge is 2.16. The molecule has 0 fully saturated rings. The van der Waals surface area contributed by atoms with Crippen LogP contribution in [0.2, 0.25) is 0 Å². The van der Waals surface area contributed by atoms with Crippen molar-refractivity contribution in [3.63, 3.8) is 0 Å². The molecule has 0 spiro atoms. The second-order valence-electron chi connectivity index (χ2n) is 7.01. The minimum absolute atomic E-state index is 0.0706. The zero-order chi connectivity index (χ0) is 23.1. The maximum Gasteiger partial charge on any atom is 0.311 e. The van der Waals surface area contributed by atoms with Gasteiger partial charge in [-0.1, -0.05) is 18.2 Å². The standard InChI is InChI=1S/C25H23NO6/c1-17-4-12-25(22(14-17)26(28)29)32-16-20-15-18(6-13-24(20)31-3)5-11-23(27)19-7-9-21(30-2)10-8-19/h4-15H,16H2,1-3H3/b11-5+. The third-order valence-corrected chi connectivity index (χ3v) is 4.80.